The van der Waals surface area contributed by atoms with E-state index in [9.17, 15) is 14.9 Å². The number of carboxylic acid groups (broad SMARTS) is 1. The molecule has 6 nitrogen and oxygen atoms in total. The lowest BCUT2D eigenvalue weighted by Crippen LogP contribution is -2.42. The molecule has 0 spiro atoms. The summed E-state index contributed by atoms with van der Waals surface area (Å²) < 4.78 is 0. The van der Waals surface area contributed by atoms with Crippen LogP contribution in [0.1, 0.15) is 28.8 Å². The molecule has 1 saturated heterocycles. The number of hydrogen-bond acceptors (Lipinski definition) is 4. The lowest BCUT2D eigenvalue weighted by molar-refractivity contribution is -0.121. The van der Waals surface area contributed by atoms with Gasteiger partial charge in [0.1, 0.15) is 12.1 Å². The number of nitrogens with one attached hydrogen (secondary N) is 1. The van der Waals surface area contributed by atoms with Crippen molar-refractivity contribution in [3.05, 3.63) is 29.3 Å². The first-order chi connectivity index (χ1) is 9.58. The zero-order valence-electron chi connectivity index (χ0n) is 11.1. The number of carbonyl (C=O) groups excluding carboxylic acids is 1. The first-order valence-corrected chi connectivity index (χ1v) is 6.34. The molecule has 1 atom stereocenters. The summed E-state index contributed by atoms with van der Waals surface area (Å²) in [7, 11) is 1.58. The first kappa shape index (κ1) is 13.9. The summed E-state index contributed by atoms with van der Waals surface area (Å²) in [4.78, 5) is 24.6. The highest BCUT2D eigenvalue weighted by Crippen LogP contribution is 2.29. The molecule has 0 saturated carbocycles. The maximum absolute atomic E-state index is 11.8. The number of carbonyl (C=O) groups is 2. The summed E-state index contributed by atoms with van der Waals surface area (Å²) >= 11 is 0. The van der Waals surface area contributed by atoms with Crippen LogP contribution >= 0.6 is 0 Å². The van der Waals surface area contributed by atoms with Crippen LogP contribution in [-0.4, -0.2) is 36.6 Å². The monoisotopic (exact) mass is 273 g/mol. The van der Waals surface area contributed by atoms with Crippen molar-refractivity contribution in [3.8, 4) is 6.07 Å². The number of likely N-dealkylation sites (N-methyl/N-ethyl adjacent to an activating group) is 1. The Morgan fingerprint density at radius 1 is 1.50 bits per heavy atom. The Balaban J connectivity index is 2.39. The fraction of sp³-hybridized carbons (Fsp3) is 0.357. The van der Waals surface area contributed by atoms with E-state index in [1.165, 1.54) is 12.1 Å². The second-order valence-electron chi connectivity index (χ2n) is 4.61. The number of hydrogen-bond donors (Lipinski definition) is 2. The molecule has 0 aromatic heterocycles. The molecule has 0 radical (unpaired) electrons. The van der Waals surface area contributed by atoms with Crippen molar-refractivity contribution in [3.63, 3.8) is 0 Å². The largest absolute Gasteiger partial charge is 0.478 e. The molecule has 2 N–H and O–H groups in total. The van der Waals surface area contributed by atoms with Crippen molar-refractivity contribution < 1.29 is 14.7 Å². The summed E-state index contributed by atoms with van der Waals surface area (Å²) in [6.45, 7) is 0.680. The number of anilines is 1. The Hall–Kier alpha value is -2.55. The second kappa shape index (κ2) is 5.61. The average molecular weight is 273 g/mol. The van der Waals surface area contributed by atoms with Gasteiger partial charge in [-0.25, -0.2) is 4.79 Å². The van der Waals surface area contributed by atoms with Crippen LogP contribution < -0.4 is 10.2 Å². The number of rotatable bonds is 3. The van der Waals surface area contributed by atoms with Crippen LogP contribution in [0.3, 0.4) is 0 Å². The van der Waals surface area contributed by atoms with Gasteiger partial charge in [-0.1, -0.05) is 0 Å². The number of nitrogens with zero attached hydrogens (tertiary/aromatic N) is 2. The molecule has 6 heteroatoms. The highest BCUT2D eigenvalue weighted by Gasteiger charge is 2.31. The normalized spacial score (nSPS) is 17.6. The van der Waals surface area contributed by atoms with Gasteiger partial charge in [-0.15, -0.1) is 0 Å². The summed E-state index contributed by atoms with van der Waals surface area (Å²) in [6.07, 6.45) is 1.59. The van der Waals surface area contributed by atoms with E-state index in [1.54, 1.807) is 13.1 Å². The van der Waals surface area contributed by atoms with Crippen molar-refractivity contribution >= 4 is 17.6 Å². The molecular formula is C14H15N3O3. The third-order valence-corrected chi connectivity index (χ3v) is 3.48. The first-order valence-electron chi connectivity index (χ1n) is 6.34. The predicted octanol–water partition coefficient (Wildman–Crippen LogP) is 0.971. The van der Waals surface area contributed by atoms with E-state index in [0.29, 0.717) is 12.2 Å². The maximum Gasteiger partial charge on any atom is 0.335 e. The van der Waals surface area contributed by atoms with Gasteiger partial charge in [-0.05, 0) is 31.0 Å². The highest BCUT2D eigenvalue weighted by atomic mass is 16.4. The predicted molar refractivity (Wildman–Crippen MR) is 72.6 cm³/mol. The van der Waals surface area contributed by atoms with E-state index in [0.717, 1.165) is 12.8 Å². The topological polar surface area (TPSA) is 93.4 Å². The molecule has 20 heavy (non-hydrogen) atoms. The van der Waals surface area contributed by atoms with E-state index in [1.807, 2.05) is 11.0 Å². The van der Waals surface area contributed by atoms with Gasteiger partial charge < -0.3 is 15.3 Å². The molecule has 1 aromatic rings. The van der Waals surface area contributed by atoms with Crippen molar-refractivity contribution in [2.75, 3.05) is 18.5 Å². The van der Waals surface area contributed by atoms with Gasteiger partial charge >= 0.3 is 5.97 Å². The summed E-state index contributed by atoms with van der Waals surface area (Å²) in [5, 5.41) is 20.8. The van der Waals surface area contributed by atoms with Gasteiger partial charge in [0.2, 0.25) is 5.91 Å². The van der Waals surface area contributed by atoms with Crippen LogP contribution in [0, 0.1) is 11.3 Å². The zero-order valence-corrected chi connectivity index (χ0v) is 11.1. The lowest BCUT2D eigenvalue weighted by Gasteiger charge is -2.26. The number of carboxylic acids is 1. The van der Waals surface area contributed by atoms with Gasteiger partial charge in [0.05, 0.1) is 16.8 Å². The molecule has 1 heterocycles. The summed E-state index contributed by atoms with van der Waals surface area (Å²) in [6, 6.07) is 6.11. The number of amides is 1. The van der Waals surface area contributed by atoms with E-state index in [4.69, 9.17) is 5.11 Å². The molecule has 0 bridgehead atoms. The van der Waals surface area contributed by atoms with Gasteiger partial charge in [-0.3, -0.25) is 4.79 Å². The van der Waals surface area contributed by atoms with Gasteiger partial charge in [0.25, 0.3) is 0 Å². The van der Waals surface area contributed by atoms with E-state index in [2.05, 4.69) is 5.32 Å². The molecule has 1 aliphatic rings. The Kier molecular flexibility index (Phi) is 3.89. The molecule has 1 unspecified atom stereocenters. The molecule has 104 valence electrons. The maximum atomic E-state index is 11.8. The minimum Gasteiger partial charge on any atom is -0.478 e. The fourth-order valence-electron chi connectivity index (χ4n) is 2.50. The Labute approximate surface area is 116 Å². The molecular weight excluding hydrogens is 258 g/mol. The highest BCUT2D eigenvalue weighted by molar-refractivity contribution is 5.90. The Morgan fingerprint density at radius 2 is 2.25 bits per heavy atom. The smallest absolute Gasteiger partial charge is 0.335 e. The molecule has 0 aliphatic carbocycles. The summed E-state index contributed by atoms with van der Waals surface area (Å²) in [5.41, 5.74) is 0.963. The van der Waals surface area contributed by atoms with E-state index >= 15 is 0 Å². The van der Waals surface area contributed by atoms with Crippen LogP contribution in [0.15, 0.2) is 18.2 Å². The fourth-order valence-corrected chi connectivity index (χ4v) is 2.50. The number of benzene rings is 1. The van der Waals surface area contributed by atoms with E-state index < -0.39 is 5.97 Å². The summed E-state index contributed by atoms with van der Waals surface area (Å²) in [5.74, 6) is -1.16. The third-order valence-electron chi connectivity index (χ3n) is 3.48. The SMILES string of the molecule is CNC(=O)C1CCCN1c1ccc(C(=O)O)cc1C#N. The number of aromatic carboxylic acids is 1. The molecule has 2 rings (SSSR count). The Bertz CT molecular complexity index is 592. The van der Waals surface area contributed by atoms with Crippen molar-refractivity contribution in [2.45, 2.75) is 18.9 Å². The van der Waals surface area contributed by atoms with Gasteiger partial charge in [-0.2, -0.15) is 5.26 Å². The molecule has 1 fully saturated rings. The van der Waals surface area contributed by atoms with Crippen LogP contribution in [-0.2, 0) is 4.79 Å². The van der Waals surface area contributed by atoms with Gasteiger partial charge in [0, 0.05) is 13.6 Å². The molecule has 1 aromatic carbocycles. The lowest BCUT2D eigenvalue weighted by atomic mass is 10.1. The van der Waals surface area contributed by atoms with E-state index in [-0.39, 0.29) is 23.1 Å². The van der Waals surface area contributed by atoms with Crippen LogP contribution in [0.2, 0.25) is 0 Å². The van der Waals surface area contributed by atoms with Crippen molar-refractivity contribution in [2.24, 2.45) is 0 Å². The molecule has 1 aliphatic heterocycles. The zero-order chi connectivity index (χ0) is 14.7. The molecule has 1 amide bonds. The van der Waals surface area contributed by atoms with Crippen LogP contribution in [0.25, 0.3) is 0 Å². The van der Waals surface area contributed by atoms with Crippen LogP contribution in [0.5, 0.6) is 0 Å². The Morgan fingerprint density at radius 3 is 2.85 bits per heavy atom. The second-order valence-corrected chi connectivity index (χ2v) is 4.61. The van der Waals surface area contributed by atoms with Gasteiger partial charge in [0.15, 0.2) is 0 Å². The minimum absolute atomic E-state index is 0.0704. The average Bonchev–Trinajstić information content (AvgIpc) is 2.94. The number of nitriles is 1. The minimum atomic E-state index is -1.07. The third kappa shape index (κ3) is 2.43. The quantitative estimate of drug-likeness (QED) is 0.856. The van der Waals surface area contributed by atoms with Crippen molar-refractivity contribution in [1.29, 1.82) is 5.26 Å². The standard InChI is InChI=1S/C14H15N3O3/c1-16-13(18)12-3-2-6-17(12)11-5-4-9(14(19)20)7-10(11)8-15/h4-5,7,12H,2-3,6H2,1H3,(H,16,18)(H,19,20). The van der Waals surface area contributed by atoms with Crippen molar-refractivity contribution in [1.82, 2.24) is 5.32 Å². The van der Waals surface area contributed by atoms with Crippen LogP contribution in [0.4, 0.5) is 5.69 Å².